The van der Waals surface area contributed by atoms with Crippen molar-refractivity contribution in [3.63, 3.8) is 0 Å². The Labute approximate surface area is 271 Å². The first-order chi connectivity index (χ1) is 21.0. The van der Waals surface area contributed by atoms with Crippen molar-refractivity contribution in [3.05, 3.63) is 35.2 Å². The minimum absolute atomic E-state index is 0.0175. The molecule has 4 atom stereocenters. The number of hydrogen-bond donors (Lipinski definition) is 2. The van der Waals surface area contributed by atoms with E-state index in [1.807, 2.05) is 16.9 Å². The molecule has 0 spiro atoms. The Bertz CT molecular complexity index is 1320. The second kappa shape index (κ2) is 12.8. The van der Waals surface area contributed by atoms with E-state index in [9.17, 15) is 10.3 Å². The van der Waals surface area contributed by atoms with Crippen molar-refractivity contribution in [2.45, 2.75) is 162 Å². The molecule has 1 saturated carbocycles. The van der Waals surface area contributed by atoms with Gasteiger partial charge in [-0.15, -0.1) is 5.10 Å². The molecular weight excluding hydrogens is 564 g/mol. The normalized spacial score (nSPS) is 27.4. The van der Waals surface area contributed by atoms with Gasteiger partial charge in [-0.05, 0) is 94.7 Å². The smallest absolute Gasteiger partial charge is 0.127 e. The second-order valence-electron chi connectivity index (χ2n) is 17.0. The Morgan fingerprint density at radius 3 is 2.56 bits per heavy atom. The van der Waals surface area contributed by atoms with E-state index in [-0.39, 0.29) is 34.0 Å². The van der Waals surface area contributed by atoms with Crippen LogP contribution in [0.1, 0.15) is 143 Å². The topological polar surface area (TPSA) is 92.9 Å². The summed E-state index contributed by atoms with van der Waals surface area (Å²) in [5.41, 5.74) is 2.22. The first kappa shape index (κ1) is 34.2. The van der Waals surface area contributed by atoms with Crippen LogP contribution >= 0.6 is 0 Å². The fraction of sp³-hybridized carbons (Fsp3) is 0.784. The minimum Gasteiger partial charge on any atom is -0.508 e. The lowest BCUT2D eigenvalue weighted by Gasteiger charge is -2.49. The number of piperidine rings is 1. The molecule has 2 aromatic rings. The molecule has 0 amide bonds. The number of hydrogen-bond acceptors (Lipinski definition) is 7. The van der Waals surface area contributed by atoms with Crippen LogP contribution in [0.4, 0.5) is 0 Å². The Balaban J connectivity index is 1.26. The van der Waals surface area contributed by atoms with Crippen molar-refractivity contribution in [1.29, 1.82) is 0 Å². The number of rotatable bonds is 11. The number of hydroxylamine groups is 2. The molecule has 2 aliphatic heterocycles. The Morgan fingerprint density at radius 1 is 1.07 bits per heavy atom. The first-order valence-corrected chi connectivity index (χ1v) is 17.6. The largest absolute Gasteiger partial charge is 0.508 e. The number of fused-ring (bicyclic) bond motifs is 3. The number of aromatic hydroxyl groups is 1. The van der Waals surface area contributed by atoms with Crippen LogP contribution in [0.3, 0.4) is 0 Å². The third kappa shape index (κ3) is 7.38. The van der Waals surface area contributed by atoms with Gasteiger partial charge in [-0.1, -0.05) is 65.5 Å². The molecule has 3 aliphatic rings. The maximum absolute atomic E-state index is 11.5. The van der Waals surface area contributed by atoms with Gasteiger partial charge in [0.1, 0.15) is 22.8 Å². The molecule has 3 heterocycles. The average molecular weight is 625 g/mol. The lowest BCUT2D eigenvalue weighted by molar-refractivity contribution is -0.237. The van der Waals surface area contributed by atoms with Crippen LogP contribution in [0, 0.1) is 17.3 Å². The zero-order chi connectivity index (χ0) is 32.8. The van der Waals surface area contributed by atoms with Gasteiger partial charge in [0, 0.05) is 35.5 Å². The zero-order valence-corrected chi connectivity index (χ0v) is 29.5. The quantitative estimate of drug-likeness (QED) is 0.243. The van der Waals surface area contributed by atoms with Crippen LogP contribution in [0.5, 0.6) is 11.5 Å². The third-order valence-electron chi connectivity index (χ3n) is 11.4. The lowest BCUT2D eigenvalue weighted by atomic mass is 9.63. The summed E-state index contributed by atoms with van der Waals surface area (Å²) in [5.74, 6) is 2.31. The number of phenols is 1. The van der Waals surface area contributed by atoms with Gasteiger partial charge in [0.2, 0.25) is 0 Å². The fourth-order valence-electron chi connectivity index (χ4n) is 8.30. The summed E-state index contributed by atoms with van der Waals surface area (Å²) in [6, 6.07) is 4.25. The fourth-order valence-corrected chi connectivity index (χ4v) is 8.30. The summed E-state index contributed by atoms with van der Waals surface area (Å²) in [4.78, 5) is 0. The lowest BCUT2D eigenvalue weighted by Crippen LogP contribution is -2.58. The van der Waals surface area contributed by atoms with Crippen molar-refractivity contribution in [2.75, 3.05) is 6.54 Å². The average Bonchev–Trinajstić information content (AvgIpc) is 3.38. The van der Waals surface area contributed by atoms with Crippen LogP contribution in [0.15, 0.2) is 18.3 Å². The monoisotopic (exact) mass is 624 g/mol. The molecule has 2 N–H and O–H groups in total. The van der Waals surface area contributed by atoms with E-state index in [2.05, 4.69) is 78.7 Å². The van der Waals surface area contributed by atoms with Gasteiger partial charge in [-0.3, -0.25) is 4.68 Å². The molecule has 0 bridgehead atoms. The number of nitrogens with zero attached hydrogens (tertiary/aromatic N) is 4. The summed E-state index contributed by atoms with van der Waals surface area (Å²) in [6.45, 7) is 21.5. The first-order valence-electron chi connectivity index (χ1n) is 17.6. The number of unbranched alkanes of at least 4 members (excludes halogenated alkanes) is 3. The van der Waals surface area contributed by atoms with Crippen molar-refractivity contribution in [2.24, 2.45) is 17.3 Å². The van der Waals surface area contributed by atoms with Gasteiger partial charge >= 0.3 is 0 Å². The van der Waals surface area contributed by atoms with Crippen molar-refractivity contribution >= 4 is 0 Å². The van der Waals surface area contributed by atoms with Crippen LogP contribution in [-0.2, 0) is 23.3 Å². The van der Waals surface area contributed by atoms with E-state index in [0.29, 0.717) is 30.7 Å². The van der Waals surface area contributed by atoms with E-state index in [1.54, 1.807) is 0 Å². The van der Waals surface area contributed by atoms with Gasteiger partial charge < -0.3 is 19.8 Å². The minimum atomic E-state index is -0.325. The molecule has 8 nitrogen and oxygen atoms in total. The van der Waals surface area contributed by atoms with Crippen LogP contribution < -0.4 is 4.74 Å². The number of aromatic nitrogens is 3. The Hall–Kier alpha value is -2.16. The molecule has 1 aromatic heterocycles. The van der Waals surface area contributed by atoms with E-state index in [0.717, 1.165) is 55.7 Å². The standard InChI is InChI=1S/C37H60N4O4/c1-10-11-12-13-16-34(2,3)26-18-30(42)33-28-17-25(14-15-29(28)37(8,9)45-31(33)19-26)21-40-22-27(38-39-40)23-44-32-20-36(6,7)41(43)24-35(32,4)5/h18-19,22,25,28-29,32,42-43H,10-17,20-21,23-24H2,1-9H3/t25-,28-,29-,32?/m1/s1. The van der Waals surface area contributed by atoms with Gasteiger partial charge in [-0.2, -0.15) is 5.06 Å². The molecule has 252 valence electrons. The molecule has 1 unspecified atom stereocenters. The number of ether oxygens (including phenoxy) is 2. The van der Waals surface area contributed by atoms with E-state index < -0.39 is 0 Å². The molecule has 1 aliphatic carbocycles. The molecule has 5 rings (SSSR count). The molecule has 0 radical (unpaired) electrons. The Kier molecular flexibility index (Phi) is 9.72. The summed E-state index contributed by atoms with van der Waals surface area (Å²) < 4.78 is 15.1. The molecule has 1 saturated heterocycles. The Morgan fingerprint density at radius 2 is 1.82 bits per heavy atom. The molecular formula is C37H60N4O4. The molecule has 8 heteroatoms. The number of phenolic OH excluding ortho intramolecular Hbond substituents is 1. The highest BCUT2D eigenvalue weighted by Gasteiger charge is 2.48. The maximum Gasteiger partial charge on any atom is 0.127 e. The predicted molar refractivity (Wildman–Crippen MR) is 178 cm³/mol. The van der Waals surface area contributed by atoms with Crippen LogP contribution in [-0.4, -0.2) is 54.2 Å². The van der Waals surface area contributed by atoms with E-state index >= 15 is 0 Å². The van der Waals surface area contributed by atoms with Crippen LogP contribution in [0.25, 0.3) is 0 Å². The maximum atomic E-state index is 11.5. The van der Waals surface area contributed by atoms with Crippen molar-refractivity contribution in [1.82, 2.24) is 20.1 Å². The van der Waals surface area contributed by atoms with Gasteiger partial charge in [0.05, 0.1) is 18.9 Å². The highest BCUT2D eigenvalue weighted by atomic mass is 16.5. The van der Waals surface area contributed by atoms with Crippen molar-refractivity contribution in [3.8, 4) is 11.5 Å². The summed E-state index contributed by atoms with van der Waals surface area (Å²) >= 11 is 0. The van der Waals surface area contributed by atoms with Gasteiger partial charge in [0.15, 0.2) is 0 Å². The second-order valence-corrected chi connectivity index (χ2v) is 17.0. The molecule has 45 heavy (non-hydrogen) atoms. The number of benzene rings is 1. The predicted octanol–water partition coefficient (Wildman–Crippen LogP) is 8.39. The highest BCUT2D eigenvalue weighted by molar-refractivity contribution is 5.53. The van der Waals surface area contributed by atoms with Crippen LogP contribution in [0.2, 0.25) is 0 Å². The van der Waals surface area contributed by atoms with E-state index in [1.165, 1.54) is 36.3 Å². The highest BCUT2D eigenvalue weighted by Crippen LogP contribution is 2.56. The molecule has 2 fully saturated rings. The van der Waals surface area contributed by atoms with Gasteiger partial charge in [0.25, 0.3) is 0 Å². The molecule has 1 aromatic carbocycles. The third-order valence-corrected chi connectivity index (χ3v) is 11.4. The van der Waals surface area contributed by atoms with Crippen molar-refractivity contribution < 1.29 is 19.8 Å². The van der Waals surface area contributed by atoms with Gasteiger partial charge in [-0.25, -0.2) is 0 Å². The van der Waals surface area contributed by atoms with E-state index in [4.69, 9.17) is 9.47 Å². The summed E-state index contributed by atoms with van der Waals surface area (Å²) in [7, 11) is 0. The SMILES string of the molecule is CCCCCCC(C)(C)c1cc(O)c2c(c1)OC(C)(C)[C@@H]1CC[C@@H](Cn3cc(COC4CC(C)(C)N(O)CC4(C)C)nn3)C[C@@H]21. The zero-order valence-electron chi connectivity index (χ0n) is 29.5. The summed E-state index contributed by atoms with van der Waals surface area (Å²) in [6.07, 6.45) is 12.0. The summed E-state index contributed by atoms with van der Waals surface area (Å²) in [5, 5.41) is 32.3.